The maximum atomic E-state index is 12.7. The lowest BCUT2D eigenvalue weighted by atomic mass is 10.1. The van der Waals surface area contributed by atoms with Crippen molar-refractivity contribution in [3.8, 4) is 0 Å². The van der Waals surface area contributed by atoms with Crippen LogP contribution in [0, 0.1) is 0 Å². The van der Waals surface area contributed by atoms with Crippen molar-refractivity contribution in [2.45, 2.75) is 199 Å². The number of carbonyl (C=O) groups excluding carboxylic acids is 1. The predicted octanol–water partition coefficient (Wildman–Crippen LogP) is 13.9. The molecule has 3 unspecified atom stereocenters. The van der Waals surface area contributed by atoms with Gasteiger partial charge in [0.2, 0.25) is 0 Å². The van der Waals surface area contributed by atoms with E-state index in [0.717, 1.165) is 96.3 Å². The zero-order chi connectivity index (χ0) is 45.5. The summed E-state index contributed by atoms with van der Waals surface area (Å²) in [6.07, 6.45) is 59.2. The molecule has 62 heavy (non-hydrogen) atoms. The van der Waals surface area contributed by atoms with E-state index in [0.29, 0.717) is 13.0 Å². The van der Waals surface area contributed by atoms with E-state index in [1.54, 1.807) is 0 Å². The largest absolute Gasteiger partial charge is 0.480 e. The molecule has 0 aliphatic heterocycles. The zero-order valence-electron chi connectivity index (χ0n) is 38.9. The lowest BCUT2D eigenvalue weighted by molar-refractivity contribution is -0.154. The molecule has 0 aromatic rings. The summed E-state index contributed by atoms with van der Waals surface area (Å²) in [5, 5.41) is 8.92. The fourth-order valence-corrected chi connectivity index (χ4v) is 6.97. The van der Waals surface area contributed by atoms with E-state index in [1.165, 1.54) is 64.2 Å². The number of unbranched alkanes of at least 4 members (excludes halogenated alkanes) is 17. The van der Waals surface area contributed by atoms with E-state index in [9.17, 15) is 19.0 Å². The molecule has 0 aliphatic rings. The van der Waals surface area contributed by atoms with Crippen molar-refractivity contribution >= 4 is 19.8 Å². The van der Waals surface area contributed by atoms with E-state index in [-0.39, 0.29) is 13.0 Å². The highest BCUT2D eigenvalue weighted by Gasteiger charge is 2.27. The molecule has 0 rings (SSSR count). The Morgan fingerprint density at radius 2 is 0.935 bits per heavy atom. The number of aliphatic carboxylic acids is 1. The average molecular weight is 890 g/mol. The molecule has 0 fully saturated rings. The average Bonchev–Trinajstić information content (AvgIpc) is 3.25. The molecule has 11 heteroatoms. The molecule has 10 nitrogen and oxygen atoms in total. The number of rotatable bonds is 45. The highest BCUT2D eigenvalue weighted by Crippen LogP contribution is 2.43. The molecule has 3 atom stereocenters. The quantitative estimate of drug-likeness (QED) is 0.0233. The summed E-state index contributed by atoms with van der Waals surface area (Å²) in [6.45, 7) is 3.70. The van der Waals surface area contributed by atoms with Crippen LogP contribution in [0.15, 0.2) is 85.1 Å². The lowest BCUT2D eigenvalue weighted by Crippen LogP contribution is -2.34. The van der Waals surface area contributed by atoms with Gasteiger partial charge in [0.25, 0.3) is 0 Å². The van der Waals surface area contributed by atoms with Crippen LogP contribution in [0.1, 0.15) is 187 Å². The lowest BCUT2D eigenvalue weighted by Gasteiger charge is -2.20. The number of nitrogens with two attached hydrogens (primary N) is 1. The molecule has 0 radical (unpaired) electrons. The number of hydrogen-bond donors (Lipinski definition) is 3. The van der Waals surface area contributed by atoms with Gasteiger partial charge in [0.05, 0.1) is 19.8 Å². The fourth-order valence-electron chi connectivity index (χ4n) is 6.19. The minimum atomic E-state index is -4.63. The van der Waals surface area contributed by atoms with Crippen molar-refractivity contribution in [1.29, 1.82) is 0 Å². The molecule has 0 aliphatic carbocycles. The number of carboxylic acid groups (broad SMARTS) is 1. The molecule has 0 aromatic heterocycles. The highest BCUT2D eigenvalue weighted by atomic mass is 31.2. The minimum Gasteiger partial charge on any atom is -0.480 e. The van der Waals surface area contributed by atoms with Crippen molar-refractivity contribution < 1.29 is 42.7 Å². The summed E-state index contributed by atoms with van der Waals surface area (Å²) in [4.78, 5) is 33.6. The number of carbonyl (C=O) groups is 2. The van der Waals surface area contributed by atoms with E-state index in [2.05, 4.69) is 98.9 Å². The summed E-state index contributed by atoms with van der Waals surface area (Å²) in [7, 11) is -4.63. The first-order valence-corrected chi connectivity index (χ1v) is 25.6. The minimum absolute atomic E-state index is 0.00135. The first kappa shape index (κ1) is 59.1. The Morgan fingerprint density at radius 3 is 1.40 bits per heavy atom. The number of phosphoric acid groups is 1. The summed E-state index contributed by atoms with van der Waals surface area (Å²) < 4.78 is 33.4. The number of esters is 1. The number of phosphoric ester groups is 1. The number of allylic oxidation sites excluding steroid dienone is 14. The van der Waals surface area contributed by atoms with Crippen LogP contribution in [0.25, 0.3) is 0 Å². The van der Waals surface area contributed by atoms with Crippen molar-refractivity contribution in [1.82, 2.24) is 0 Å². The van der Waals surface area contributed by atoms with Crippen LogP contribution >= 0.6 is 7.82 Å². The molecule has 0 amide bonds. The van der Waals surface area contributed by atoms with Gasteiger partial charge in [-0.1, -0.05) is 176 Å². The van der Waals surface area contributed by atoms with Crippen LogP contribution in [0.4, 0.5) is 0 Å². The van der Waals surface area contributed by atoms with E-state index in [1.807, 2.05) is 0 Å². The molecular weight excluding hydrogens is 802 g/mol. The van der Waals surface area contributed by atoms with Crippen LogP contribution in [0.5, 0.6) is 0 Å². The fraction of sp³-hybridized carbons (Fsp3) is 0.686. The third-order valence-electron chi connectivity index (χ3n) is 9.91. The maximum absolute atomic E-state index is 12.7. The van der Waals surface area contributed by atoms with Gasteiger partial charge in [0.1, 0.15) is 12.1 Å². The maximum Gasteiger partial charge on any atom is 0.472 e. The normalized spacial score (nSPS) is 14.5. The Balaban J connectivity index is 4.25. The van der Waals surface area contributed by atoms with Gasteiger partial charge in [0.15, 0.2) is 0 Å². The predicted molar refractivity (Wildman–Crippen MR) is 258 cm³/mol. The smallest absolute Gasteiger partial charge is 0.472 e. The number of ether oxygens (including phenoxy) is 2. The molecule has 356 valence electrons. The van der Waals surface area contributed by atoms with Gasteiger partial charge in [0, 0.05) is 13.0 Å². The number of carboxylic acids is 1. The second kappa shape index (κ2) is 46.2. The highest BCUT2D eigenvalue weighted by molar-refractivity contribution is 7.47. The Morgan fingerprint density at radius 1 is 0.532 bits per heavy atom. The zero-order valence-corrected chi connectivity index (χ0v) is 39.8. The van der Waals surface area contributed by atoms with Crippen LogP contribution in [0.2, 0.25) is 0 Å². The third kappa shape index (κ3) is 45.2. The second-order valence-electron chi connectivity index (χ2n) is 15.9. The summed E-state index contributed by atoms with van der Waals surface area (Å²) >= 11 is 0. The molecule has 0 saturated carbocycles. The molecule has 4 N–H and O–H groups in total. The Labute approximate surface area is 377 Å². The van der Waals surface area contributed by atoms with E-state index in [4.69, 9.17) is 29.4 Å². The molecule has 0 saturated heterocycles. The number of hydrogen-bond acceptors (Lipinski definition) is 8. The van der Waals surface area contributed by atoms with Crippen molar-refractivity contribution in [3.63, 3.8) is 0 Å². The van der Waals surface area contributed by atoms with Gasteiger partial charge in [-0.15, -0.1) is 0 Å². The summed E-state index contributed by atoms with van der Waals surface area (Å²) in [5.74, 6) is -1.80. The van der Waals surface area contributed by atoms with Crippen LogP contribution < -0.4 is 5.73 Å². The van der Waals surface area contributed by atoms with E-state index >= 15 is 0 Å². The third-order valence-corrected chi connectivity index (χ3v) is 10.9. The molecule has 0 spiro atoms. The summed E-state index contributed by atoms with van der Waals surface area (Å²) in [5.41, 5.74) is 5.37. The molecular formula is C51H88NO9P. The SMILES string of the molecule is CC/C=C\C/C=C\C/C=C\C/C=C\C/C=C\CCCCCCCCOCC(COP(=O)(O)OCC(N)C(=O)O)OC(=O)CCCCCCCCC/C=C\C/C=C\CCCCCC. The Bertz CT molecular complexity index is 1310. The Hall–Kier alpha value is -2.85. The monoisotopic (exact) mass is 890 g/mol. The van der Waals surface area contributed by atoms with Crippen LogP contribution in [-0.2, 0) is 32.7 Å². The first-order chi connectivity index (χ1) is 30.2. The topological polar surface area (TPSA) is 155 Å². The standard InChI is InChI=1S/C51H88NO9P/c1-3-5-7-9-11-13-15-17-19-21-23-24-25-26-28-30-32-34-36-38-40-42-44-58-45-48(46-59-62(56,57)60-47-49(52)51(54)55)61-50(53)43-41-39-37-35-33-31-29-27-22-20-18-16-14-12-10-8-6-4-2/h5,7,11,13-14,16-17,19-20,22-24,26,28,48-49H,3-4,6,8-10,12,15,18,21,25,27,29-47,52H2,1-2H3,(H,54,55)(H,56,57)/b7-5-,13-11-,16-14-,19-17-,22-20-,24-23-,28-26-. The van der Waals surface area contributed by atoms with Crippen LogP contribution in [-0.4, -0.2) is 60.5 Å². The molecule has 0 bridgehead atoms. The first-order valence-electron chi connectivity index (χ1n) is 24.1. The van der Waals surface area contributed by atoms with Gasteiger partial charge in [-0.3, -0.25) is 18.6 Å². The van der Waals surface area contributed by atoms with Gasteiger partial charge >= 0.3 is 19.8 Å². The van der Waals surface area contributed by atoms with Crippen molar-refractivity contribution in [3.05, 3.63) is 85.1 Å². The second-order valence-corrected chi connectivity index (χ2v) is 17.3. The van der Waals surface area contributed by atoms with E-state index < -0.39 is 45.1 Å². The Kier molecular flexibility index (Phi) is 44.0. The van der Waals surface area contributed by atoms with Crippen molar-refractivity contribution in [2.24, 2.45) is 5.73 Å². The molecule has 0 aromatic carbocycles. The van der Waals surface area contributed by atoms with Crippen LogP contribution in [0.3, 0.4) is 0 Å². The van der Waals surface area contributed by atoms with Gasteiger partial charge in [-0.2, -0.15) is 0 Å². The van der Waals surface area contributed by atoms with Gasteiger partial charge in [-0.05, 0) is 89.9 Å². The van der Waals surface area contributed by atoms with Crippen molar-refractivity contribution in [2.75, 3.05) is 26.4 Å². The summed E-state index contributed by atoms with van der Waals surface area (Å²) in [6, 6.07) is -1.48. The molecule has 0 heterocycles. The van der Waals surface area contributed by atoms with Gasteiger partial charge < -0.3 is 25.2 Å². The van der Waals surface area contributed by atoms with Gasteiger partial charge in [-0.25, -0.2) is 4.57 Å².